The summed E-state index contributed by atoms with van der Waals surface area (Å²) in [5.41, 5.74) is 0.804. The number of hydrogen-bond donors (Lipinski definition) is 0. The quantitative estimate of drug-likeness (QED) is 0.334. The summed E-state index contributed by atoms with van der Waals surface area (Å²) < 4.78 is 2.06. The van der Waals surface area contributed by atoms with Gasteiger partial charge in [0.15, 0.2) is 14.5 Å². The number of nitrogens with zero attached hydrogens (tertiary/aromatic N) is 2. The van der Waals surface area contributed by atoms with Crippen LogP contribution in [0.15, 0.2) is 39.0 Å². The lowest BCUT2D eigenvalue weighted by molar-refractivity contribution is 0.0982. The van der Waals surface area contributed by atoms with Crippen LogP contribution >= 0.6 is 34.9 Å². The number of rotatable bonds is 10. The summed E-state index contributed by atoms with van der Waals surface area (Å²) in [7, 11) is 0. The fourth-order valence-corrected chi connectivity index (χ4v) is 4.96. The van der Waals surface area contributed by atoms with Gasteiger partial charge in [-0.25, -0.2) is 0 Å². The Kier molecular flexibility index (Phi) is 7.98. The van der Waals surface area contributed by atoms with Crippen LogP contribution in [0.1, 0.15) is 43.0 Å². The first-order valence-electron chi connectivity index (χ1n) is 7.47. The predicted octanol–water partition coefficient (Wildman–Crippen LogP) is 5.19. The van der Waals surface area contributed by atoms with Gasteiger partial charge in [-0.2, -0.15) is 0 Å². The Morgan fingerprint density at radius 2 is 1.68 bits per heavy atom. The van der Waals surface area contributed by atoms with Crippen LogP contribution in [0.4, 0.5) is 0 Å². The van der Waals surface area contributed by atoms with E-state index < -0.39 is 0 Å². The van der Waals surface area contributed by atoms with E-state index in [1.807, 2.05) is 30.3 Å². The lowest BCUT2D eigenvalue weighted by atomic mass is 10.1. The zero-order valence-electron chi connectivity index (χ0n) is 12.7. The van der Waals surface area contributed by atoms with Crippen molar-refractivity contribution in [2.24, 2.45) is 0 Å². The molecular weight excluding hydrogens is 332 g/mol. The fraction of sp³-hybridized carbons (Fsp3) is 0.438. The molecule has 0 aliphatic heterocycles. The van der Waals surface area contributed by atoms with Crippen molar-refractivity contribution in [3.05, 3.63) is 35.9 Å². The maximum Gasteiger partial charge on any atom is 0.175 e. The van der Waals surface area contributed by atoms with E-state index in [1.54, 1.807) is 34.9 Å². The molecule has 1 aromatic heterocycles. The van der Waals surface area contributed by atoms with Crippen molar-refractivity contribution in [1.29, 1.82) is 0 Å². The highest BCUT2D eigenvalue weighted by molar-refractivity contribution is 8.03. The zero-order chi connectivity index (χ0) is 15.6. The number of ketones is 1. The highest BCUT2D eigenvalue weighted by Crippen LogP contribution is 2.29. The minimum absolute atomic E-state index is 0.217. The number of aromatic nitrogens is 2. The van der Waals surface area contributed by atoms with Crippen molar-refractivity contribution in [2.75, 3.05) is 11.5 Å². The minimum atomic E-state index is 0.217. The molecule has 0 saturated carbocycles. The average Bonchev–Trinajstić information content (AvgIpc) is 3.00. The molecule has 0 fully saturated rings. The summed E-state index contributed by atoms with van der Waals surface area (Å²) in [4.78, 5) is 12.0. The molecule has 6 heteroatoms. The van der Waals surface area contributed by atoms with Crippen molar-refractivity contribution >= 4 is 40.6 Å². The SMILES string of the molecule is CCCCSc1nnc(SCCCC(=O)c2ccccc2)s1. The highest BCUT2D eigenvalue weighted by Gasteiger charge is 2.07. The Morgan fingerprint density at radius 3 is 2.32 bits per heavy atom. The molecule has 0 saturated heterocycles. The largest absolute Gasteiger partial charge is 0.294 e. The van der Waals surface area contributed by atoms with Crippen molar-refractivity contribution in [1.82, 2.24) is 10.2 Å². The van der Waals surface area contributed by atoms with Crippen LogP contribution in [-0.4, -0.2) is 27.5 Å². The summed E-state index contributed by atoms with van der Waals surface area (Å²) in [5, 5.41) is 8.39. The van der Waals surface area contributed by atoms with Gasteiger partial charge >= 0.3 is 0 Å². The van der Waals surface area contributed by atoms with E-state index in [0.717, 1.165) is 32.2 Å². The summed E-state index contributed by atoms with van der Waals surface area (Å²) >= 11 is 5.14. The smallest absolute Gasteiger partial charge is 0.175 e. The zero-order valence-corrected chi connectivity index (χ0v) is 15.1. The highest BCUT2D eigenvalue weighted by atomic mass is 32.2. The standard InChI is InChI=1S/C16H20N2OS3/c1-2-3-11-20-15-17-18-16(22-15)21-12-7-10-14(19)13-8-5-4-6-9-13/h4-6,8-9H,2-3,7,10-12H2,1H3. The third-order valence-corrected chi connectivity index (χ3v) is 6.34. The normalized spacial score (nSPS) is 10.8. The summed E-state index contributed by atoms with van der Waals surface area (Å²) in [6.45, 7) is 2.19. The molecule has 0 aliphatic rings. The molecule has 2 aromatic rings. The van der Waals surface area contributed by atoms with Gasteiger partial charge in [0, 0.05) is 23.5 Å². The second-order valence-corrected chi connectivity index (χ2v) is 8.44. The molecule has 0 radical (unpaired) electrons. The first-order valence-corrected chi connectivity index (χ1v) is 10.3. The first kappa shape index (κ1) is 17.5. The number of benzene rings is 1. The molecule has 0 amide bonds. The number of hydrogen-bond acceptors (Lipinski definition) is 6. The van der Waals surface area contributed by atoms with Gasteiger partial charge in [0.05, 0.1) is 0 Å². The monoisotopic (exact) mass is 352 g/mol. The Balaban J connectivity index is 1.65. The van der Waals surface area contributed by atoms with Crippen molar-refractivity contribution < 1.29 is 4.79 Å². The van der Waals surface area contributed by atoms with Crippen LogP contribution in [-0.2, 0) is 0 Å². The summed E-state index contributed by atoms with van der Waals surface area (Å²) in [6, 6.07) is 9.49. The van der Waals surface area contributed by atoms with E-state index >= 15 is 0 Å². The molecule has 0 atom stereocenters. The molecule has 2 rings (SSSR count). The van der Waals surface area contributed by atoms with Gasteiger partial charge < -0.3 is 0 Å². The molecule has 118 valence electrons. The van der Waals surface area contributed by atoms with Crippen LogP contribution in [0.25, 0.3) is 0 Å². The second kappa shape index (κ2) is 10.0. The number of Topliss-reactive ketones (excluding diaryl/α,β-unsaturated/α-hetero) is 1. The van der Waals surface area contributed by atoms with Gasteiger partial charge in [-0.3, -0.25) is 4.79 Å². The molecule has 22 heavy (non-hydrogen) atoms. The van der Waals surface area contributed by atoms with Crippen LogP contribution in [0, 0.1) is 0 Å². The third-order valence-electron chi connectivity index (χ3n) is 2.98. The Hall–Kier alpha value is -0.850. The van der Waals surface area contributed by atoms with Crippen molar-refractivity contribution in [3.8, 4) is 0 Å². The molecule has 0 bridgehead atoms. The van der Waals surface area contributed by atoms with Gasteiger partial charge in [-0.15, -0.1) is 10.2 Å². The molecule has 0 spiro atoms. The Bertz CT molecular complexity index is 572. The van der Waals surface area contributed by atoms with E-state index in [2.05, 4.69) is 17.1 Å². The van der Waals surface area contributed by atoms with Crippen LogP contribution in [0.3, 0.4) is 0 Å². The van der Waals surface area contributed by atoms with Gasteiger partial charge in [-0.05, 0) is 12.8 Å². The third kappa shape index (κ3) is 6.10. The van der Waals surface area contributed by atoms with Gasteiger partial charge in [0.2, 0.25) is 0 Å². The molecule has 1 aromatic carbocycles. The maximum atomic E-state index is 12.0. The van der Waals surface area contributed by atoms with Crippen LogP contribution in [0.5, 0.6) is 0 Å². The lowest BCUT2D eigenvalue weighted by Crippen LogP contribution is -1.98. The second-order valence-electron chi connectivity index (χ2n) is 4.78. The van der Waals surface area contributed by atoms with Gasteiger partial charge in [0.1, 0.15) is 0 Å². The number of thioether (sulfide) groups is 2. The molecular formula is C16H20N2OS3. The molecule has 0 unspecified atom stereocenters. The number of carbonyl (C=O) groups is 1. The molecule has 0 aliphatic carbocycles. The Morgan fingerprint density at radius 1 is 1.05 bits per heavy atom. The van der Waals surface area contributed by atoms with Crippen LogP contribution in [0.2, 0.25) is 0 Å². The van der Waals surface area contributed by atoms with Crippen molar-refractivity contribution in [2.45, 2.75) is 41.3 Å². The lowest BCUT2D eigenvalue weighted by Gasteiger charge is -2.00. The average molecular weight is 353 g/mol. The van der Waals surface area contributed by atoms with E-state index in [9.17, 15) is 4.79 Å². The first-order chi connectivity index (χ1) is 10.8. The van der Waals surface area contributed by atoms with E-state index in [4.69, 9.17) is 0 Å². The van der Waals surface area contributed by atoms with E-state index in [-0.39, 0.29) is 5.78 Å². The van der Waals surface area contributed by atoms with Crippen LogP contribution < -0.4 is 0 Å². The summed E-state index contributed by atoms with van der Waals surface area (Å²) in [6.07, 6.45) is 3.89. The van der Waals surface area contributed by atoms with Gasteiger partial charge in [0.25, 0.3) is 0 Å². The minimum Gasteiger partial charge on any atom is -0.294 e. The maximum absolute atomic E-state index is 12.0. The molecule has 1 heterocycles. The fourth-order valence-electron chi connectivity index (χ4n) is 1.78. The summed E-state index contributed by atoms with van der Waals surface area (Å²) in [5.74, 6) is 2.24. The Labute approximate surface area is 144 Å². The molecule has 3 nitrogen and oxygen atoms in total. The number of unbranched alkanes of at least 4 members (excludes halogenated alkanes) is 1. The predicted molar refractivity (Wildman–Crippen MR) is 96.3 cm³/mol. The van der Waals surface area contributed by atoms with Gasteiger partial charge in [-0.1, -0.05) is 78.5 Å². The van der Waals surface area contributed by atoms with E-state index in [1.165, 1.54) is 12.8 Å². The number of carbonyl (C=O) groups excluding carboxylic acids is 1. The molecule has 0 N–H and O–H groups in total. The van der Waals surface area contributed by atoms with E-state index in [0.29, 0.717) is 6.42 Å². The topological polar surface area (TPSA) is 42.9 Å². The van der Waals surface area contributed by atoms with Crippen molar-refractivity contribution in [3.63, 3.8) is 0 Å².